The molecule has 0 spiro atoms. The van der Waals surface area contributed by atoms with Crippen LogP contribution >= 0.6 is 11.8 Å². The van der Waals surface area contributed by atoms with Crippen LogP contribution < -0.4 is 0 Å². The van der Waals surface area contributed by atoms with Gasteiger partial charge in [0.05, 0.1) is 17.6 Å². The van der Waals surface area contributed by atoms with Crippen molar-refractivity contribution in [2.24, 2.45) is 0 Å². The Balaban J connectivity index is 2.28. The molecule has 0 aliphatic rings. The molecule has 0 amide bonds. The fourth-order valence-electron chi connectivity index (χ4n) is 2.34. The van der Waals surface area contributed by atoms with Crippen LogP contribution in [0.3, 0.4) is 0 Å². The molecule has 0 bridgehead atoms. The predicted octanol–water partition coefficient (Wildman–Crippen LogP) is 3.68. The number of hydrogen-bond acceptors (Lipinski definition) is 5. The normalized spacial score (nSPS) is 12.4. The Morgan fingerprint density at radius 1 is 1.25 bits per heavy atom. The summed E-state index contributed by atoms with van der Waals surface area (Å²) in [6, 6.07) is 4.72. The van der Waals surface area contributed by atoms with Gasteiger partial charge in [0.1, 0.15) is 5.03 Å². The summed E-state index contributed by atoms with van der Waals surface area (Å²) in [5.74, 6) is -0.342. The monoisotopic (exact) mass is 356 g/mol. The van der Waals surface area contributed by atoms with Crippen molar-refractivity contribution in [1.29, 1.82) is 0 Å². The molecule has 3 rings (SSSR count). The summed E-state index contributed by atoms with van der Waals surface area (Å²) in [7, 11) is 0. The Bertz CT molecular complexity index is 878. The summed E-state index contributed by atoms with van der Waals surface area (Å²) in [4.78, 5) is 4.44. The second-order valence-corrected chi connectivity index (χ2v) is 6.36. The van der Waals surface area contributed by atoms with Crippen molar-refractivity contribution in [2.45, 2.75) is 37.6 Å². The van der Waals surface area contributed by atoms with E-state index in [0.29, 0.717) is 16.1 Å². The molecule has 0 aliphatic carbocycles. The van der Waals surface area contributed by atoms with Crippen molar-refractivity contribution in [3.05, 3.63) is 29.6 Å². The van der Waals surface area contributed by atoms with Crippen LogP contribution in [0.2, 0.25) is 0 Å². The van der Waals surface area contributed by atoms with Crippen LogP contribution in [0.15, 0.2) is 23.2 Å². The molecule has 2 aromatic heterocycles. The zero-order chi connectivity index (χ0) is 17.3. The molecule has 5 nitrogen and oxygen atoms in total. The van der Waals surface area contributed by atoms with Crippen LogP contribution in [-0.2, 0) is 12.8 Å². The maximum Gasteiger partial charge on any atom is 0.452 e. The van der Waals surface area contributed by atoms with E-state index >= 15 is 0 Å². The second-order valence-electron chi connectivity index (χ2n) is 5.28. The third kappa shape index (κ3) is 3.05. The Kier molecular flexibility index (Phi) is 4.64. The van der Waals surface area contributed by atoms with Crippen molar-refractivity contribution in [3.8, 4) is 0 Å². The average Bonchev–Trinajstić information content (AvgIpc) is 3.00. The number of thioether (sulfide) groups is 1. The molecule has 3 aromatic rings. The lowest BCUT2D eigenvalue weighted by Gasteiger charge is -2.10. The van der Waals surface area contributed by atoms with Gasteiger partial charge in [0.15, 0.2) is 5.65 Å². The lowest BCUT2D eigenvalue weighted by Crippen LogP contribution is -2.12. The summed E-state index contributed by atoms with van der Waals surface area (Å²) in [6.45, 7) is 1.77. The van der Waals surface area contributed by atoms with Gasteiger partial charge < -0.3 is 5.11 Å². The average molecular weight is 356 g/mol. The summed E-state index contributed by atoms with van der Waals surface area (Å²) >= 11 is 1.37. The van der Waals surface area contributed by atoms with Crippen LogP contribution in [-0.4, -0.2) is 30.4 Å². The summed E-state index contributed by atoms with van der Waals surface area (Å²) in [5, 5.41) is 16.7. The zero-order valence-electron chi connectivity index (χ0n) is 12.8. The maximum atomic E-state index is 13.3. The van der Waals surface area contributed by atoms with E-state index in [1.807, 2.05) is 6.92 Å². The Morgan fingerprint density at radius 3 is 2.71 bits per heavy atom. The van der Waals surface area contributed by atoms with Crippen molar-refractivity contribution < 1.29 is 18.3 Å². The molecular formula is C15H15F3N4OS. The highest BCUT2D eigenvalue weighted by atomic mass is 32.2. The van der Waals surface area contributed by atoms with Crippen molar-refractivity contribution >= 4 is 28.4 Å². The second kappa shape index (κ2) is 6.56. The molecule has 2 heterocycles. The molecule has 0 fully saturated rings. The fourth-order valence-corrected chi connectivity index (χ4v) is 3.40. The SMILES string of the molecule is CCCCSc1nc2ccc(CO)cc2n2c(C(F)(F)F)nnc12. The first-order valence-corrected chi connectivity index (χ1v) is 8.43. The third-order valence-electron chi connectivity index (χ3n) is 3.53. The highest BCUT2D eigenvalue weighted by Gasteiger charge is 2.38. The minimum Gasteiger partial charge on any atom is -0.392 e. The van der Waals surface area contributed by atoms with Crippen molar-refractivity contribution in [3.63, 3.8) is 0 Å². The number of aromatic nitrogens is 4. The Hall–Kier alpha value is -1.87. The molecule has 1 N–H and O–H groups in total. The quantitative estimate of drug-likeness (QED) is 0.558. The highest BCUT2D eigenvalue weighted by molar-refractivity contribution is 7.99. The number of alkyl halides is 3. The lowest BCUT2D eigenvalue weighted by atomic mass is 10.2. The molecule has 0 saturated heterocycles. The van der Waals surface area contributed by atoms with Crippen LogP contribution in [0.5, 0.6) is 0 Å². The minimum absolute atomic E-state index is 0.0889. The largest absolute Gasteiger partial charge is 0.452 e. The number of halogens is 3. The van der Waals surface area contributed by atoms with Gasteiger partial charge in [-0.2, -0.15) is 13.2 Å². The van der Waals surface area contributed by atoms with Crippen LogP contribution in [0.25, 0.3) is 16.7 Å². The van der Waals surface area contributed by atoms with E-state index in [1.54, 1.807) is 12.1 Å². The van der Waals surface area contributed by atoms with Gasteiger partial charge in [0, 0.05) is 0 Å². The van der Waals surface area contributed by atoms with E-state index < -0.39 is 12.0 Å². The summed E-state index contributed by atoms with van der Waals surface area (Å²) < 4.78 is 40.9. The number of nitrogens with zero attached hydrogens (tertiary/aromatic N) is 4. The fraction of sp³-hybridized carbons (Fsp3) is 0.400. The van der Waals surface area contributed by atoms with Gasteiger partial charge in [-0.3, -0.25) is 4.40 Å². The summed E-state index contributed by atoms with van der Waals surface area (Å²) in [5.41, 5.74) is 1.22. The first-order chi connectivity index (χ1) is 11.5. The minimum atomic E-state index is -4.63. The predicted molar refractivity (Wildman–Crippen MR) is 84.8 cm³/mol. The number of unbranched alkanes of at least 4 members (excludes halogenated alkanes) is 1. The van der Waals surface area contributed by atoms with Gasteiger partial charge in [-0.15, -0.1) is 22.0 Å². The number of hydrogen-bond donors (Lipinski definition) is 1. The van der Waals surface area contributed by atoms with Crippen LogP contribution in [0.4, 0.5) is 13.2 Å². The number of aliphatic hydroxyl groups is 1. The smallest absolute Gasteiger partial charge is 0.392 e. The van der Waals surface area contributed by atoms with Crippen LogP contribution in [0, 0.1) is 0 Å². The van der Waals surface area contributed by atoms with Gasteiger partial charge >= 0.3 is 6.18 Å². The number of rotatable bonds is 5. The van der Waals surface area contributed by atoms with Crippen molar-refractivity contribution in [1.82, 2.24) is 19.6 Å². The topological polar surface area (TPSA) is 63.3 Å². The first kappa shape index (κ1) is 17.0. The molecule has 128 valence electrons. The standard InChI is InChI=1S/C15H15F3N4OS/c1-2-3-6-24-13-12-20-21-14(15(16,17)18)22(12)11-7-9(8-23)4-5-10(11)19-13/h4-5,7,23H,2-3,6,8H2,1H3. The van der Waals surface area contributed by atoms with Crippen LogP contribution in [0.1, 0.15) is 31.2 Å². The van der Waals surface area contributed by atoms with E-state index in [1.165, 1.54) is 17.8 Å². The lowest BCUT2D eigenvalue weighted by molar-refractivity contribution is -0.145. The highest BCUT2D eigenvalue weighted by Crippen LogP contribution is 2.33. The molecule has 0 atom stereocenters. The summed E-state index contributed by atoms with van der Waals surface area (Å²) in [6.07, 6.45) is -2.72. The van der Waals surface area contributed by atoms with Gasteiger partial charge in [-0.05, 0) is 29.9 Å². The molecule has 0 aliphatic heterocycles. The van der Waals surface area contributed by atoms with E-state index in [2.05, 4.69) is 15.2 Å². The van der Waals surface area contributed by atoms with Gasteiger partial charge in [-0.1, -0.05) is 19.4 Å². The molecular weight excluding hydrogens is 341 g/mol. The van der Waals surface area contributed by atoms with Gasteiger partial charge in [-0.25, -0.2) is 4.98 Å². The van der Waals surface area contributed by atoms with E-state index in [9.17, 15) is 18.3 Å². The molecule has 0 unspecified atom stereocenters. The van der Waals surface area contributed by atoms with Crippen molar-refractivity contribution in [2.75, 3.05) is 5.75 Å². The molecule has 24 heavy (non-hydrogen) atoms. The van der Waals surface area contributed by atoms with Gasteiger partial charge in [0.25, 0.3) is 0 Å². The number of benzene rings is 1. The molecule has 1 aromatic carbocycles. The zero-order valence-corrected chi connectivity index (χ0v) is 13.7. The molecule has 9 heteroatoms. The molecule has 0 saturated carbocycles. The third-order valence-corrected chi connectivity index (χ3v) is 4.57. The van der Waals surface area contributed by atoms with E-state index in [0.717, 1.165) is 23.0 Å². The Labute approximate surface area is 139 Å². The number of aliphatic hydroxyl groups excluding tert-OH is 1. The maximum absolute atomic E-state index is 13.3. The van der Waals surface area contributed by atoms with E-state index in [4.69, 9.17) is 0 Å². The Morgan fingerprint density at radius 2 is 2.04 bits per heavy atom. The molecule has 0 radical (unpaired) electrons. The van der Waals surface area contributed by atoms with E-state index in [-0.39, 0.29) is 17.8 Å². The number of fused-ring (bicyclic) bond motifs is 3. The first-order valence-electron chi connectivity index (χ1n) is 7.44. The van der Waals surface area contributed by atoms with Gasteiger partial charge in [0.2, 0.25) is 5.82 Å².